The fraction of sp³-hybridized carbons (Fsp3) is 0.529. The topological polar surface area (TPSA) is 75.9 Å². The van der Waals surface area contributed by atoms with Crippen LogP contribution in [0.3, 0.4) is 0 Å². The monoisotopic (exact) mass is 328 g/mol. The highest BCUT2D eigenvalue weighted by Gasteiger charge is 2.23. The summed E-state index contributed by atoms with van der Waals surface area (Å²) < 4.78 is 1.83. The van der Waals surface area contributed by atoms with Crippen molar-refractivity contribution >= 4 is 11.9 Å². The first-order chi connectivity index (χ1) is 11.5. The highest BCUT2D eigenvalue weighted by molar-refractivity contribution is 5.79. The second kappa shape index (κ2) is 6.98. The zero-order valence-electron chi connectivity index (χ0n) is 14.5. The maximum atomic E-state index is 12.4. The van der Waals surface area contributed by atoms with Gasteiger partial charge in [0.05, 0.1) is 12.1 Å². The molecular weight excluding hydrogens is 304 g/mol. The smallest absolute Gasteiger partial charge is 0.225 e. The van der Waals surface area contributed by atoms with E-state index in [1.165, 1.54) is 0 Å². The molecular formula is C17H24N6O. The molecule has 0 spiro atoms. The van der Waals surface area contributed by atoms with Crippen LogP contribution < -0.4 is 10.2 Å². The summed E-state index contributed by atoms with van der Waals surface area (Å²) in [5.74, 6) is 0.783. The largest absolute Gasteiger partial charge is 0.351 e. The minimum atomic E-state index is 0.0510. The molecule has 1 aliphatic heterocycles. The molecule has 7 heteroatoms. The Balaban J connectivity index is 1.60. The third-order valence-corrected chi connectivity index (χ3v) is 4.62. The summed E-state index contributed by atoms with van der Waals surface area (Å²) in [5, 5.41) is 7.53. The Kier molecular flexibility index (Phi) is 4.78. The second-order valence-electron chi connectivity index (χ2n) is 6.35. The first-order valence-corrected chi connectivity index (χ1v) is 8.35. The van der Waals surface area contributed by atoms with Crippen molar-refractivity contribution in [2.45, 2.75) is 39.2 Å². The van der Waals surface area contributed by atoms with E-state index >= 15 is 0 Å². The predicted molar refractivity (Wildman–Crippen MR) is 91.8 cm³/mol. The van der Waals surface area contributed by atoms with Crippen LogP contribution in [0, 0.1) is 13.8 Å². The van der Waals surface area contributed by atoms with E-state index in [2.05, 4.69) is 25.3 Å². The van der Waals surface area contributed by atoms with E-state index in [9.17, 15) is 4.79 Å². The van der Waals surface area contributed by atoms with Crippen LogP contribution in [0.1, 0.15) is 29.8 Å². The molecule has 2 aromatic heterocycles. The molecule has 2 aromatic rings. The van der Waals surface area contributed by atoms with Crippen LogP contribution in [0.5, 0.6) is 0 Å². The van der Waals surface area contributed by atoms with E-state index in [1.807, 2.05) is 31.6 Å². The number of nitrogens with one attached hydrogen (secondary N) is 1. The SMILES string of the molecule is Cc1nn(C)c(C)c1CC(=O)NC1CCCN(c2ncccn2)C1. The molecule has 0 saturated carbocycles. The molecule has 1 saturated heterocycles. The van der Waals surface area contributed by atoms with Gasteiger partial charge < -0.3 is 10.2 Å². The van der Waals surface area contributed by atoms with Crippen LogP contribution in [0.15, 0.2) is 18.5 Å². The normalized spacial score (nSPS) is 17.8. The maximum Gasteiger partial charge on any atom is 0.225 e. The van der Waals surface area contributed by atoms with Gasteiger partial charge in [0.15, 0.2) is 0 Å². The van der Waals surface area contributed by atoms with Gasteiger partial charge in [-0.2, -0.15) is 5.10 Å². The molecule has 7 nitrogen and oxygen atoms in total. The zero-order chi connectivity index (χ0) is 17.1. The van der Waals surface area contributed by atoms with E-state index in [1.54, 1.807) is 12.4 Å². The molecule has 0 bridgehead atoms. The molecule has 1 unspecified atom stereocenters. The lowest BCUT2D eigenvalue weighted by atomic mass is 10.0. The van der Waals surface area contributed by atoms with Crippen molar-refractivity contribution in [1.29, 1.82) is 0 Å². The van der Waals surface area contributed by atoms with Gasteiger partial charge in [-0.15, -0.1) is 0 Å². The number of hydrogen-bond acceptors (Lipinski definition) is 5. The third kappa shape index (κ3) is 3.55. The summed E-state index contributed by atoms with van der Waals surface area (Å²) >= 11 is 0. The second-order valence-corrected chi connectivity index (χ2v) is 6.35. The molecule has 128 valence electrons. The van der Waals surface area contributed by atoms with Gasteiger partial charge in [-0.25, -0.2) is 9.97 Å². The molecule has 1 atom stereocenters. The van der Waals surface area contributed by atoms with Crippen molar-refractivity contribution in [2.24, 2.45) is 7.05 Å². The van der Waals surface area contributed by atoms with Gasteiger partial charge in [0.1, 0.15) is 0 Å². The Morgan fingerprint density at radius 1 is 1.33 bits per heavy atom. The predicted octanol–water partition coefficient (Wildman–Crippen LogP) is 1.15. The summed E-state index contributed by atoms with van der Waals surface area (Å²) in [6, 6.07) is 1.94. The quantitative estimate of drug-likeness (QED) is 0.911. The average molecular weight is 328 g/mol. The fourth-order valence-electron chi connectivity index (χ4n) is 3.24. The zero-order valence-corrected chi connectivity index (χ0v) is 14.5. The van der Waals surface area contributed by atoms with E-state index in [0.29, 0.717) is 6.42 Å². The lowest BCUT2D eigenvalue weighted by molar-refractivity contribution is -0.121. The van der Waals surface area contributed by atoms with Crippen LogP contribution in [0.4, 0.5) is 5.95 Å². The van der Waals surface area contributed by atoms with Gasteiger partial charge in [0, 0.05) is 49.8 Å². The van der Waals surface area contributed by atoms with Gasteiger partial charge in [0.25, 0.3) is 0 Å². The van der Waals surface area contributed by atoms with Gasteiger partial charge >= 0.3 is 0 Å². The van der Waals surface area contributed by atoms with Crippen LogP contribution in [0.25, 0.3) is 0 Å². The van der Waals surface area contributed by atoms with Crippen molar-refractivity contribution in [1.82, 2.24) is 25.1 Å². The van der Waals surface area contributed by atoms with E-state index < -0.39 is 0 Å². The summed E-state index contributed by atoms with van der Waals surface area (Å²) in [6.07, 6.45) is 5.88. The summed E-state index contributed by atoms with van der Waals surface area (Å²) in [4.78, 5) is 23.2. The minimum absolute atomic E-state index is 0.0510. The van der Waals surface area contributed by atoms with Gasteiger partial charge in [-0.1, -0.05) is 0 Å². The number of piperidine rings is 1. The number of hydrogen-bond donors (Lipinski definition) is 1. The molecule has 1 N–H and O–H groups in total. The molecule has 1 amide bonds. The minimum Gasteiger partial charge on any atom is -0.351 e. The van der Waals surface area contributed by atoms with Crippen molar-refractivity contribution in [2.75, 3.05) is 18.0 Å². The van der Waals surface area contributed by atoms with E-state index in [0.717, 1.165) is 48.8 Å². The molecule has 3 rings (SSSR count). The van der Waals surface area contributed by atoms with Crippen LogP contribution in [-0.4, -0.2) is 44.8 Å². The molecule has 0 aromatic carbocycles. The third-order valence-electron chi connectivity index (χ3n) is 4.62. The van der Waals surface area contributed by atoms with Crippen molar-refractivity contribution in [3.63, 3.8) is 0 Å². The Labute approximate surface area is 142 Å². The number of amides is 1. The number of rotatable bonds is 4. The van der Waals surface area contributed by atoms with Crippen LogP contribution in [-0.2, 0) is 18.3 Å². The van der Waals surface area contributed by atoms with Crippen molar-refractivity contribution in [3.05, 3.63) is 35.4 Å². The van der Waals surface area contributed by atoms with Gasteiger partial charge in [-0.05, 0) is 32.8 Å². The molecule has 3 heterocycles. The molecule has 1 aliphatic rings. The molecule has 1 fully saturated rings. The number of carbonyl (C=O) groups is 1. The Hall–Kier alpha value is -2.44. The Bertz CT molecular complexity index is 711. The number of nitrogens with zero attached hydrogens (tertiary/aromatic N) is 5. The summed E-state index contributed by atoms with van der Waals surface area (Å²) in [5.41, 5.74) is 2.99. The average Bonchev–Trinajstić information content (AvgIpc) is 2.82. The van der Waals surface area contributed by atoms with E-state index in [4.69, 9.17) is 0 Å². The molecule has 0 radical (unpaired) electrons. The number of anilines is 1. The summed E-state index contributed by atoms with van der Waals surface area (Å²) in [6.45, 7) is 5.63. The van der Waals surface area contributed by atoms with Crippen molar-refractivity contribution < 1.29 is 4.79 Å². The highest BCUT2D eigenvalue weighted by atomic mass is 16.1. The lowest BCUT2D eigenvalue weighted by Gasteiger charge is -2.33. The van der Waals surface area contributed by atoms with Gasteiger partial charge in [0.2, 0.25) is 11.9 Å². The fourth-order valence-corrected chi connectivity index (χ4v) is 3.24. The number of carbonyl (C=O) groups excluding carboxylic acids is 1. The summed E-state index contributed by atoms with van der Waals surface area (Å²) in [7, 11) is 1.91. The van der Waals surface area contributed by atoms with Crippen LogP contribution >= 0.6 is 0 Å². The number of aryl methyl sites for hydroxylation is 2. The Morgan fingerprint density at radius 2 is 2.08 bits per heavy atom. The van der Waals surface area contributed by atoms with E-state index in [-0.39, 0.29) is 11.9 Å². The first kappa shape index (κ1) is 16.4. The maximum absolute atomic E-state index is 12.4. The van der Waals surface area contributed by atoms with Crippen LogP contribution in [0.2, 0.25) is 0 Å². The van der Waals surface area contributed by atoms with Crippen molar-refractivity contribution in [3.8, 4) is 0 Å². The Morgan fingerprint density at radius 3 is 2.75 bits per heavy atom. The number of aromatic nitrogens is 4. The molecule has 24 heavy (non-hydrogen) atoms. The highest BCUT2D eigenvalue weighted by Crippen LogP contribution is 2.16. The lowest BCUT2D eigenvalue weighted by Crippen LogP contribution is -2.48. The standard InChI is InChI=1S/C17H24N6O/c1-12-15(13(2)22(3)21-12)10-16(24)20-14-6-4-9-23(11-14)17-18-7-5-8-19-17/h5,7-8,14H,4,6,9-11H2,1-3H3,(H,20,24). The van der Waals surface area contributed by atoms with Gasteiger partial charge in [-0.3, -0.25) is 9.48 Å². The first-order valence-electron chi connectivity index (χ1n) is 8.35. The molecule has 0 aliphatic carbocycles.